The van der Waals surface area contributed by atoms with Crippen LogP contribution >= 0.6 is 0 Å². The maximum Gasteiger partial charge on any atom is 0.119 e. The van der Waals surface area contributed by atoms with Crippen molar-refractivity contribution >= 4 is 0 Å². The summed E-state index contributed by atoms with van der Waals surface area (Å²) in [6.45, 7) is 9.78. The monoisotopic (exact) mass is 274 g/mol. The Morgan fingerprint density at radius 1 is 1.35 bits per heavy atom. The molecule has 1 saturated heterocycles. The summed E-state index contributed by atoms with van der Waals surface area (Å²) in [6, 6.07) is 6.59. The fraction of sp³-hybridized carbons (Fsp3) is 0.647. The zero-order chi connectivity index (χ0) is 14.0. The minimum absolute atomic E-state index is 0.211. The van der Waals surface area contributed by atoms with Crippen LogP contribution in [0.1, 0.15) is 37.8 Å². The molecule has 110 valence electrons. The molecule has 3 rings (SSSR count). The van der Waals surface area contributed by atoms with Crippen LogP contribution in [0.15, 0.2) is 18.2 Å². The van der Waals surface area contributed by atoms with E-state index in [1.54, 1.807) is 0 Å². The van der Waals surface area contributed by atoms with Crippen LogP contribution in [0.2, 0.25) is 0 Å². The molecule has 2 aliphatic heterocycles. The molecule has 0 aliphatic carbocycles. The Hall–Kier alpha value is -1.06. The Kier molecular flexibility index (Phi) is 3.99. The Balaban J connectivity index is 1.66. The Bertz CT molecular complexity index is 474. The van der Waals surface area contributed by atoms with E-state index in [0.29, 0.717) is 0 Å². The first-order valence-electron chi connectivity index (χ1n) is 7.92. The maximum atomic E-state index is 6.12. The highest BCUT2D eigenvalue weighted by Crippen LogP contribution is 2.30. The van der Waals surface area contributed by atoms with E-state index in [1.807, 2.05) is 0 Å². The topological polar surface area (TPSA) is 24.5 Å². The number of hydrogen-bond donors (Lipinski definition) is 1. The fourth-order valence-corrected chi connectivity index (χ4v) is 3.57. The summed E-state index contributed by atoms with van der Waals surface area (Å²) in [5.74, 6) is 1.02. The Morgan fingerprint density at radius 3 is 3.10 bits per heavy atom. The summed E-state index contributed by atoms with van der Waals surface area (Å²) in [4.78, 5) is 2.55. The van der Waals surface area contributed by atoms with E-state index in [2.05, 4.69) is 42.3 Å². The van der Waals surface area contributed by atoms with Gasteiger partial charge in [0.05, 0.1) is 5.54 Å². The van der Waals surface area contributed by atoms with E-state index in [4.69, 9.17) is 4.74 Å². The molecular formula is C17H26N2O. The SMILES string of the molecule is CCN1CCCC1(C)COc1ccc2c(c1)CNCC2. The average Bonchev–Trinajstić information content (AvgIpc) is 2.86. The number of fused-ring (bicyclic) bond motifs is 1. The fourth-order valence-electron chi connectivity index (χ4n) is 3.57. The summed E-state index contributed by atoms with van der Waals surface area (Å²) in [6.07, 6.45) is 3.67. The molecule has 20 heavy (non-hydrogen) atoms. The van der Waals surface area contributed by atoms with Gasteiger partial charge >= 0.3 is 0 Å². The van der Waals surface area contributed by atoms with Crippen molar-refractivity contribution in [2.45, 2.75) is 45.2 Å². The zero-order valence-corrected chi connectivity index (χ0v) is 12.7. The van der Waals surface area contributed by atoms with Crippen molar-refractivity contribution in [2.24, 2.45) is 0 Å². The lowest BCUT2D eigenvalue weighted by Gasteiger charge is -2.34. The first kappa shape index (κ1) is 13.9. The minimum Gasteiger partial charge on any atom is -0.492 e. The number of benzene rings is 1. The van der Waals surface area contributed by atoms with Gasteiger partial charge in [0.1, 0.15) is 12.4 Å². The second-order valence-corrected chi connectivity index (χ2v) is 6.33. The van der Waals surface area contributed by atoms with Gasteiger partial charge in [0, 0.05) is 6.54 Å². The average molecular weight is 274 g/mol. The number of nitrogens with zero attached hydrogens (tertiary/aromatic N) is 1. The third kappa shape index (κ3) is 2.70. The molecule has 3 heteroatoms. The summed E-state index contributed by atoms with van der Waals surface area (Å²) < 4.78 is 6.12. The first-order chi connectivity index (χ1) is 9.71. The van der Waals surface area contributed by atoms with Gasteiger partial charge in [0.15, 0.2) is 0 Å². The normalized spacial score (nSPS) is 26.5. The highest BCUT2D eigenvalue weighted by molar-refractivity contribution is 5.37. The predicted octanol–water partition coefficient (Wildman–Crippen LogP) is 2.59. The van der Waals surface area contributed by atoms with Crippen molar-refractivity contribution in [3.8, 4) is 5.75 Å². The molecule has 0 amide bonds. The molecule has 0 spiro atoms. The largest absolute Gasteiger partial charge is 0.492 e. The molecule has 1 N–H and O–H groups in total. The number of hydrogen-bond acceptors (Lipinski definition) is 3. The zero-order valence-electron chi connectivity index (χ0n) is 12.7. The van der Waals surface area contributed by atoms with Gasteiger partial charge in [0.25, 0.3) is 0 Å². The van der Waals surface area contributed by atoms with E-state index < -0.39 is 0 Å². The van der Waals surface area contributed by atoms with Crippen LogP contribution in [-0.4, -0.2) is 36.7 Å². The quantitative estimate of drug-likeness (QED) is 0.913. The van der Waals surface area contributed by atoms with E-state index in [1.165, 1.54) is 30.5 Å². The van der Waals surface area contributed by atoms with Crippen LogP contribution in [0.3, 0.4) is 0 Å². The molecule has 1 atom stereocenters. The van der Waals surface area contributed by atoms with E-state index >= 15 is 0 Å². The molecule has 0 saturated carbocycles. The van der Waals surface area contributed by atoms with Crippen LogP contribution in [0.5, 0.6) is 5.75 Å². The summed E-state index contributed by atoms with van der Waals surface area (Å²) in [5, 5.41) is 3.43. The van der Waals surface area contributed by atoms with Crippen LogP contribution in [0.4, 0.5) is 0 Å². The van der Waals surface area contributed by atoms with Gasteiger partial charge in [-0.15, -0.1) is 0 Å². The second kappa shape index (κ2) is 5.74. The van der Waals surface area contributed by atoms with Crippen molar-refractivity contribution in [3.05, 3.63) is 29.3 Å². The molecule has 1 fully saturated rings. The Morgan fingerprint density at radius 2 is 2.25 bits per heavy atom. The molecule has 1 aromatic rings. The number of likely N-dealkylation sites (N-methyl/N-ethyl adjacent to an activating group) is 1. The molecular weight excluding hydrogens is 248 g/mol. The smallest absolute Gasteiger partial charge is 0.119 e. The van der Waals surface area contributed by atoms with E-state index in [9.17, 15) is 0 Å². The van der Waals surface area contributed by atoms with Crippen LogP contribution in [-0.2, 0) is 13.0 Å². The van der Waals surface area contributed by atoms with Crippen molar-refractivity contribution in [1.82, 2.24) is 10.2 Å². The lowest BCUT2D eigenvalue weighted by molar-refractivity contribution is 0.0957. The third-order valence-corrected chi connectivity index (χ3v) is 4.90. The lowest BCUT2D eigenvalue weighted by Crippen LogP contribution is -2.45. The summed E-state index contributed by atoms with van der Waals surface area (Å²) >= 11 is 0. The third-order valence-electron chi connectivity index (χ3n) is 4.90. The van der Waals surface area contributed by atoms with Gasteiger partial charge in [-0.05, 0) is 69.1 Å². The molecule has 1 aromatic carbocycles. The molecule has 2 heterocycles. The van der Waals surface area contributed by atoms with Crippen molar-refractivity contribution < 1.29 is 4.74 Å². The lowest BCUT2D eigenvalue weighted by atomic mass is 9.99. The first-order valence-corrected chi connectivity index (χ1v) is 7.92. The molecule has 0 bridgehead atoms. The van der Waals surface area contributed by atoms with Gasteiger partial charge in [0.2, 0.25) is 0 Å². The van der Waals surface area contributed by atoms with Gasteiger partial charge < -0.3 is 10.1 Å². The van der Waals surface area contributed by atoms with Gasteiger partial charge in [-0.3, -0.25) is 4.90 Å². The van der Waals surface area contributed by atoms with E-state index in [0.717, 1.165) is 38.4 Å². The van der Waals surface area contributed by atoms with Gasteiger partial charge in [-0.1, -0.05) is 13.0 Å². The molecule has 3 nitrogen and oxygen atoms in total. The number of rotatable bonds is 4. The van der Waals surface area contributed by atoms with Crippen LogP contribution in [0.25, 0.3) is 0 Å². The second-order valence-electron chi connectivity index (χ2n) is 6.33. The van der Waals surface area contributed by atoms with Crippen molar-refractivity contribution in [3.63, 3.8) is 0 Å². The number of likely N-dealkylation sites (tertiary alicyclic amines) is 1. The summed E-state index contributed by atoms with van der Waals surface area (Å²) in [5.41, 5.74) is 3.08. The van der Waals surface area contributed by atoms with Gasteiger partial charge in [-0.25, -0.2) is 0 Å². The minimum atomic E-state index is 0.211. The molecule has 1 unspecified atom stereocenters. The highest BCUT2D eigenvalue weighted by Gasteiger charge is 2.36. The van der Waals surface area contributed by atoms with Crippen molar-refractivity contribution in [2.75, 3.05) is 26.2 Å². The predicted molar refractivity (Wildman–Crippen MR) is 82.2 cm³/mol. The molecule has 2 aliphatic rings. The Labute approximate surface area is 122 Å². The maximum absolute atomic E-state index is 6.12. The molecule has 0 aromatic heterocycles. The number of ether oxygens (including phenoxy) is 1. The highest BCUT2D eigenvalue weighted by atomic mass is 16.5. The van der Waals surface area contributed by atoms with Crippen LogP contribution < -0.4 is 10.1 Å². The number of nitrogens with one attached hydrogen (secondary N) is 1. The van der Waals surface area contributed by atoms with E-state index in [-0.39, 0.29) is 5.54 Å². The van der Waals surface area contributed by atoms with Crippen molar-refractivity contribution in [1.29, 1.82) is 0 Å². The standard InChI is InChI=1S/C17H26N2O/c1-3-19-10-4-8-17(19,2)13-20-16-6-5-14-7-9-18-12-15(14)11-16/h5-6,11,18H,3-4,7-10,12-13H2,1-2H3. The summed E-state index contributed by atoms with van der Waals surface area (Å²) in [7, 11) is 0. The van der Waals surface area contributed by atoms with Crippen LogP contribution in [0, 0.1) is 0 Å². The van der Waals surface area contributed by atoms with Gasteiger partial charge in [-0.2, -0.15) is 0 Å². The molecule has 0 radical (unpaired) electrons.